The fourth-order valence-corrected chi connectivity index (χ4v) is 2.82. The molecule has 0 unspecified atom stereocenters. The minimum Gasteiger partial charge on any atom is -0.508 e. The molecular formula is C18H28N4O3. The maximum absolute atomic E-state index is 11.7. The number of aryl methyl sites for hydroxylation is 1. The summed E-state index contributed by atoms with van der Waals surface area (Å²) < 4.78 is 5.01. The van der Waals surface area contributed by atoms with Crippen LogP contribution in [0.3, 0.4) is 0 Å². The molecule has 1 saturated heterocycles. The van der Waals surface area contributed by atoms with Gasteiger partial charge in [-0.1, -0.05) is 12.1 Å². The molecule has 1 aromatic carbocycles. The molecule has 138 valence electrons. The zero-order valence-corrected chi connectivity index (χ0v) is 14.8. The number of carbonyl (C=O) groups excluding carboxylic acids is 1. The van der Waals surface area contributed by atoms with E-state index >= 15 is 0 Å². The summed E-state index contributed by atoms with van der Waals surface area (Å²) in [7, 11) is 0. The fraction of sp³-hybridized carbons (Fsp3) is 0.556. The van der Waals surface area contributed by atoms with Crippen molar-refractivity contribution in [2.45, 2.75) is 38.6 Å². The lowest BCUT2D eigenvalue weighted by Crippen LogP contribution is -2.48. The lowest BCUT2D eigenvalue weighted by atomic mass is 10.1. The number of aromatic hydroxyl groups is 1. The number of amides is 1. The third kappa shape index (κ3) is 6.52. The van der Waals surface area contributed by atoms with Crippen LogP contribution in [-0.2, 0) is 11.2 Å². The van der Waals surface area contributed by atoms with Crippen molar-refractivity contribution in [1.82, 2.24) is 10.2 Å². The van der Waals surface area contributed by atoms with Crippen LogP contribution in [0.1, 0.15) is 31.7 Å². The van der Waals surface area contributed by atoms with Gasteiger partial charge in [0, 0.05) is 25.7 Å². The predicted octanol–water partition coefficient (Wildman–Crippen LogP) is 1.85. The van der Waals surface area contributed by atoms with Crippen molar-refractivity contribution in [2.24, 2.45) is 10.7 Å². The number of hydrogen-bond donors (Lipinski definition) is 3. The molecular weight excluding hydrogens is 320 g/mol. The van der Waals surface area contributed by atoms with E-state index in [1.54, 1.807) is 17.0 Å². The molecule has 7 heteroatoms. The molecule has 1 fully saturated rings. The van der Waals surface area contributed by atoms with E-state index in [4.69, 9.17) is 10.5 Å². The predicted molar refractivity (Wildman–Crippen MR) is 97.7 cm³/mol. The number of ether oxygens (including phenoxy) is 1. The standard InChI is InChI=1S/C18H28N4O3/c1-2-25-18(24)22-12-9-15(10-13-22)21-17(19)20-11-3-4-14-5-7-16(23)8-6-14/h5-8,15,23H,2-4,9-13H2,1H3,(H3,19,20,21). The SMILES string of the molecule is CCOC(=O)N1CCC(NC(N)=NCCCc2ccc(O)cc2)CC1. The zero-order chi connectivity index (χ0) is 18.1. The van der Waals surface area contributed by atoms with Crippen LogP contribution in [-0.4, -0.2) is 54.3 Å². The molecule has 0 aliphatic carbocycles. The van der Waals surface area contributed by atoms with Crippen molar-refractivity contribution in [3.05, 3.63) is 29.8 Å². The molecule has 1 aliphatic rings. The summed E-state index contributed by atoms with van der Waals surface area (Å²) in [5, 5.41) is 12.5. The summed E-state index contributed by atoms with van der Waals surface area (Å²) in [5.41, 5.74) is 7.12. The number of guanidine groups is 1. The van der Waals surface area contributed by atoms with Gasteiger partial charge < -0.3 is 25.8 Å². The number of hydrogen-bond acceptors (Lipinski definition) is 4. The number of phenols is 1. The number of rotatable bonds is 6. The molecule has 25 heavy (non-hydrogen) atoms. The summed E-state index contributed by atoms with van der Waals surface area (Å²) in [4.78, 5) is 17.7. The Labute approximate surface area is 148 Å². The third-order valence-corrected chi connectivity index (χ3v) is 4.22. The number of carbonyl (C=O) groups is 1. The van der Waals surface area contributed by atoms with Crippen LogP contribution in [0.2, 0.25) is 0 Å². The molecule has 1 aliphatic heterocycles. The number of aliphatic imine (C=N–C) groups is 1. The number of nitrogens with one attached hydrogen (secondary N) is 1. The molecule has 0 atom stereocenters. The van der Waals surface area contributed by atoms with E-state index in [0.717, 1.165) is 25.7 Å². The van der Waals surface area contributed by atoms with Gasteiger partial charge in [-0.15, -0.1) is 0 Å². The molecule has 1 aromatic rings. The second kappa shape index (κ2) is 9.76. The van der Waals surface area contributed by atoms with Crippen molar-refractivity contribution in [3.8, 4) is 5.75 Å². The average molecular weight is 348 g/mol. The quantitative estimate of drug-likeness (QED) is 0.414. The van der Waals surface area contributed by atoms with E-state index in [1.165, 1.54) is 5.56 Å². The lowest BCUT2D eigenvalue weighted by Gasteiger charge is -2.31. The van der Waals surface area contributed by atoms with Crippen LogP contribution < -0.4 is 11.1 Å². The maximum Gasteiger partial charge on any atom is 0.409 e. The zero-order valence-electron chi connectivity index (χ0n) is 14.8. The molecule has 0 bridgehead atoms. The second-order valence-corrected chi connectivity index (χ2v) is 6.14. The minimum absolute atomic E-state index is 0.239. The average Bonchev–Trinajstić information content (AvgIpc) is 2.61. The number of piperidine rings is 1. The Balaban J connectivity index is 1.64. The Morgan fingerprint density at radius 3 is 2.68 bits per heavy atom. The highest BCUT2D eigenvalue weighted by Crippen LogP contribution is 2.12. The van der Waals surface area contributed by atoms with Crippen molar-refractivity contribution >= 4 is 12.1 Å². The minimum atomic E-state index is -0.239. The summed E-state index contributed by atoms with van der Waals surface area (Å²) >= 11 is 0. The van der Waals surface area contributed by atoms with Crippen LogP contribution in [0.5, 0.6) is 5.75 Å². The van der Waals surface area contributed by atoms with E-state index in [0.29, 0.717) is 32.2 Å². The van der Waals surface area contributed by atoms with Gasteiger partial charge in [-0.25, -0.2) is 4.79 Å². The number of benzene rings is 1. The van der Waals surface area contributed by atoms with E-state index < -0.39 is 0 Å². The largest absolute Gasteiger partial charge is 0.508 e. The topological polar surface area (TPSA) is 100 Å². The molecule has 1 amide bonds. The van der Waals surface area contributed by atoms with Gasteiger partial charge in [0.2, 0.25) is 0 Å². The first kappa shape index (κ1) is 18.9. The molecule has 0 radical (unpaired) electrons. The Morgan fingerprint density at radius 2 is 2.04 bits per heavy atom. The molecule has 1 heterocycles. The van der Waals surface area contributed by atoms with Crippen molar-refractivity contribution in [1.29, 1.82) is 0 Å². The molecule has 2 rings (SSSR count). The van der Waals surface area contributed by atoms with Gasteiger partial charge in [0.1, 0.15) is 5.75 Å². The highest BCUT2D eigenvalue weighted by Gasteiger charge is 2.23. The van der Waals surface area contributed by atoms with Crippen LogP contribution in [0.15, 0.2) is 29.3 Å². The summed E-state index contributed by atoms with van der Waals surface area (Å²) in [6, 6.07) is 7.45. The molecule has 4 N–H and O–H groups in total. The van der Waals surface area contributed by atoms with Gasteiger partial charge in [-0.3, -0.25) is 4.99 Å². The Bertz CT molecular complexity index is 566. The number of phenolic OH excluding ortho intramolecular Hbond substituents is 1. The summed E-state index contributed by atoms with van der Waals surface area (Å²) in [6.45, 7) is 4.21. The van der Waals surface area contributed by atoms with Gasteiger partial charge in [-0.2, -0.15) is 0 Å². The first-order valence-electron chi connectivity index (χ1n) is 8.84. The van der Waals surface area contributed by atoms with E-state index in [9.17, 15) is 9.90 Å². The maximum atomic E-state index is 11.7. The van der Waals surface area contributed by atoms with Gasteiger partial charge in [-0.05, 0) is 50.3 Å². The van der Waals surface area contributed by atoms with Crippen LogP contribution in [0, 0.1) is 0 Å². The van der Waals surface area contributed by atoms with Crippen LogP contribution in [0.4, 0.5) is 4.79 Å². The molecule has 0 aromatic heterocycles. The molecule has 7 nitrogen and oxygen atoms in total. The smallest absolute Gasteiger partial charge is 0.409 e. The van der Waals surface area contributed by atoms with Gasteiger partial charge in [0.15, 0.2) is 5.96 Å². The summed E-state index contributed by atoms with van der Waals surface area (Å²) in [6.07, 6.45) is 3.23. The number of nitrogens with two attached hydrogens (primary N) is 1. The second-order valence-electron chi connectivity index (χ2n) is 6.14. The number of nitrogens with zero attached hydrogens (tertiary/aromatic N) is 2. The highest BCUT2D eigenvalue weighted by atomic mass is 16.6. The number of likely N-dealkylation sites (tertiary alicyclic amines) is 1. The molecule has 0 spiro atoms. The van der Waals surface area contributed by atoms with Gasteiger partial charge in [0.25, 0.3) is 0 Å². The van der Waals surface area contributed by atoms with Gasteiger partial charge in [0.05, 0.1) is 6.61 Å². The fourth-order valence-electron chi connectivity index (χ4n) is 2.82. The first-order valence-corrected chi connectivity index (χ1v) is 8.84. The highest BCUT2D eigenvalue weighted by molar-refractivity contribution is 5.78. The van der Waals surface area contributed by atoms with Crippen molar-refractivity contribution in [3.63, 3.8) is 0 Å². The Kier molecular flexibility index (Phi) is 7.37. The van der Waals surface area contributed by atoms with E-state index in [2.05, 4.69) is 10.3 Å². The lowest BCUT2D eigenvalue weighted by molar-refractivity contribution is 0.0963. The molecule has 0 saturated carbocycles. The van der Waals surface area contributed by atoms with Crippen LogP contribution in [0.25, 0.3) is 0 Å². The van der Waals surface area contributed by atoms with Crippen molar-refractivity contribution < 1.29 is 14.6 Å². The van der Waals surface area contributed by atoms with Crippen LogP contribution >= 0.6 is 0 Å². The Hall–Kier alpha value is -2.44. The van der Waals surface area contributed by atoms with E-state index in [1.807, 2.05) is 19.1 Å². The summed E-state index contributed by atoms with van der Waals surface area (Å²) in [5.74, 6) is 0.740. The first-order chi connectivity index (χ1) is 12.1. The third-order valence-electron chi connectivity index (χ3n) is 4.22. The Morgan fingerprint density at radius 1 is 1.36 bits per heavy atom. The van der Waals surface area contributed by atoms with Gasteiger partial charge >= 0.3 is 6.09 Å². The van der Waals surface area contributed by atoms with E-state index in [-0.39, 0.29) is 17.9 Å². The normalized spacial score (nSPS) is 15.9. The van der Waals surface area contributed by atoms with Crippen molar-refractivity contribution in [2.75, 3.05) is 26.2 Å². The monoisotopic (exact) mass is 348 g/mol.